The maximum Gasteiger partial charge on any atom is 0.252 e. The fraction of sp³-hybridized carbons (Fsp3) is 0.364. The Balaban J connectivity index is 1.96. The molecular formula is C11H13NO2. The zero-order chi connectivity index (χ0) is 9.97. The van der Waals surface area contributed by atoms with Crippen LogP contribution in [0.3, 0.4) is 0 Å². The number of rotatable bonds is 3. The quantitative estimate of drug-likeness (QED) is 0.731. The van der Waals surface area contributed by atoms with Gasteiger partial charge in [-0.1, -0.05) is 30.3 Å². The van der Waals surface area contributed by atoms with Crippen molar-refractivity contribution >= 4 is 5.91 Å². The topological polar surface area (TPSA) is 41.6 Å². The Kier molecular flexibility index (Phi) is 2.50. The highest BCUT2D eigenvalue weighted by Crippen LogP contribution is 2.38. The van der Waals surface area contributed by atoms with Crippen molar-refractivity contribution in [2.45, 2.75) is 19.1 Å². The van der Waals surface area contributed by atoms with Crippen LogP contribution < -0.4 is 5.32 Å². The second-order valence-corrected chi connectivity index (χ2v) is 3.28. The molecule has 2 rings (SSSR count). The number of amides is 1. The van der Waals surface area contributed by atoms with Crippen molar-refractivity contribution in [3.05, 3.63) is 35.9 Å². The van der Waals surface area contributed by atoms with Gasteiger partial charge in [0.25, 0.3) is 5.91 Å². The molecule has 74 valence electrons. The Hall–Kier alpha value is -1.35. The van der Waals surface area contributed by atoms with Gasteiger partial charge >= 0.3 is 0 Å². The molecule has 0 bridgehead atoms. The largest absolute Gasteiger partial charge is 0.354 e. The zero-order valence-corrected chi connectivity index (χ0v) is 8.07. The summed E-state index contributed by atoms with van der Waals surface area (Å²) in [4.78, 5) is 11.4. The van der Waals surface area contributed by atoms with Gasteiger partial charge in [0.1, 0.15) is 6.10 Å². The Morgan fingerprint density at radius 3 is 2.79 bits per heavy atom. The molecule has 1 N–H and O–H groups in total. The van der Waals surface area contributed by atoms with Crippen LogP contribution in [-0.4, -0.2) is 18.6 Å². The van der Waals surface area contributed by atoms with Crippen molar-refractivity contribution < 1.29 is 9.53 Å². The SMILES string of the molecule is CCNC(=O)[C@@H]1O[C@H]1c1ccccc1. The minimum Gasteiger partial charge on any atom is -0.354 e. The fourth-order valence-electron chi connectivity index (χ4n) is 1.48. The van der Waals surface area contributed by atoms with E-state index in [2.05, 4.69) is 5.32 Å². The van der Waals surface area contributed by atoms with E-state index in [-0.39, 0.29) is 18.1 Å². The summed E-state index contributed by atoms with van der Waals surface area (Å²) in [5.74, 6) is -0.0126. The first-order valence-corrected chi connectivity index (χ1v) is 4.81. The number of benzene rings is 1. The predicted molar refractivity (Wildman–Crippen MR) is 52.7 cm³/mol. The van der Waals surface area contributed by atoms with Crippen molar-refractivity contribution in [3.63, 3.8) is 0 Å². The van der Waals surface area contributed by atoms with Crippen LogP contribution in [-0.2, 0) is 9.53 Å². The first-order chi connectivity index (χ1) is 6.83. The minimum absolute atomic E-state index is 0.0126. The number of carbonyl (C=O) groups excluding carboxylic acids is 1. The van der Waals surface area contributed by atoms with E-state index in [4.69, 9.17) is 4.74 Å². The van der Waals surface area contributed by atoms with Crippen LogP contribution in [0.25, 0.3) is 0 Å². The summed E-state index contributed by atoms with van der Waals surface area (Å²) in [5, 5.41) is 2.74. The monoisotopic (exact) mass is 191 g/mol. The number of carbonyl (C=O) groups is 1. The normalized spacial score (nSPS) is 24.4. The van der Waals surface area contributed by atoms with Crippen LogP contribution in [0, 0.1) is 0 Å². The van der Waals surface area contributed by atoms with Gasteiger partial charge in [0.2, 0.25) is 0 Å². The molecule has 1 aromatic carbocycles. The average molecular weight is 191 g/mol. The van der Waals surface area contributed by atoms with E-state index in [0.29, 0.717) is 6.54 Å². The lowest BCUT2D eigenvalue weighted by atomic mass is 10.1. The molecular weight excluding hydrogens is 178 g/mol. The summed E-state index contributed by atoms with van der Waals surface area (Å²) in [6.45, 7) is 2.55. The molecule has 1 aliphatic rings. The van der Waals surface area contributed by atoms with E-state index in [1.54, 1.807) is 0 Å². The molecule has 3 nitrogen and oxygen atoms in total. The molecule has 0 radical (unpaired) electrons. The molecule has 0 aromatic heterocycles. The maximum atomic E-state index is 11.4. The lowest BCUT2D eigenvalue weighted by molar-refractivity contribution is -0.122. The Morgan fingerprint density at radius 1 is 1.43 bits per heavy atom. The van der Waals surface area contributed by atoms with Crippen LogP contribution in [0.15, 0.2) is 30.3 Å². The van der Waals surface area contributed by atoms with Crippen molar-refractivity contribution in [1.29, 1.82) is 0 Å². The van der Waals surface area contributed by atoms with Crippen molar-refractivity contribution in [1.82, 2.24) is 5.32 Å². The predicted octanol–water partition coefficient (Wildman–Crippen LogP) is 1.26. The van der Waals surface area contributed by atoms with Gasteiger partial charge in [-0.3, -0.25) is 4.79 Å². The standard InChI is InChI=1S/C11H13NO2/c1-2-12-11(13)10-9(14-10)8-6-4-3-5-7-8/h3-7,9-10H,2H2,1H3,(H,12,13)/t9-,10+/m0/s1. The van der Waals surface area contributed by atoms with Crippen molar-refractivity contribution in [3.8, 4) is 0 Å². The second-order valence-electron chi connectivity index (χ2n) is 3.28. The van der Waals surface area contributed by atoms with Gasteiger partial charge in [-0.2, -0.15) is 0 Å². The number of epoxide rings is 1. The van der Waals surface area contributed by atoms with Gasteiger partial charge in [-0.15, -0.1) is 0 Å². The number of hydrogen-bond acceptors (Lipinski definition) is 2. The van der Waals surface area contributed by atoms with Crippen LogP contribution >= 0.6 is 0 Å². The first kappa shape index (κ1) is 9.21. The van der Waals surface area contributed by atoms with E-state index in [0.717, 1.165) is 5.56 Å². The molecule has 1 heterocycles. The number of likely N-dealkylation sites (N-methyl/N-ethyl adjacent to an activating group) is 1. The highest BCUT2D eigenvalue weighted by molar-refractivity contribution is 5.83. The summed E-state index contributed by atoms with van der Waals surface area (Å²) in [5.41, 5.74) is 1.07. The first-order valence-electron chi connectivity index (χ1n) is 4.81. The van der Waals surface area contributed by atoms with Crippen molar-refractivity contribution in [2.24, 2.45) is 0 Å². The number of hydrogen-bond donors (Lipinski definition) is 1. The van der Waals surface area contributed by atoms with Crippen LogP contribution in [0.2, 0.25) is 0 Å². The average Bonchev–Trinajstić information content (AvgIpc) is 2.99. The number of nitrogens with one attached hydrogen (secondary N) is 1. The maximum absolute atomic E-state index is 11.4. The van der Waals surface area contributed by atoms with Crippen molar-refractivity contribution in [2.75, 3.05) is 6.54 Å². The Labute approximate surface area is 83.1 Å². The molecule has 2 atom stereocenters. The fourth-order valence-corrected chi connectivity index (χ4v) is 1.48. The Bertz CT molecular complexity index is 323. The molecule has 0 unspecified atom stereocenters. The smallest absolute Gasteiger partial charge is 0.252 e. The van der Waals surface area contributed by atoms with Gasteiger partial charge in [-0.05, 0) is 12.5 Å². The molecule has 1 fully saturated rings. The third kappa shape index (κ3) is 1.77. The van der Waals surface area contributed by atoms with Crippen LogP contribution in [0.5, 0.6) is 0 Å². The Morgan fingerprint density at radius 2 is 2.14 bits per heavy atom. The molecule has 1 amide bonds. The molecule has 1 aromatic rings. The molecule has 0 saturated carbocycles. The molecule has 0 spiro atoms. The van der Waals surface area contributed by atoms with E-state index < -0.39 is 0 Å². The van der Waals surface area contributed by atoms with Gasteiger partial charge in [0.05, 0.1) is 0 Å². The van der Waals surface area contributed by atoms with Gasteiger partial charge < -0.3 is 10.1 Å². The third-order valence-corrected chi connectivity index (χ3v) is 2.23. The summed E-state index contributed by atoms with van der Waals surface area (Å²) in [6.07, 6.45) is -0.319. The molecule has 14 heavy (non-hydrogen) atoms. The van der Waals surface area contributed by atoms with Gasteiger partial charge in [-0.25, -0.2) is 0 Å². The van der Waals surface area contributed by atoms with Crippen LogP contribution in [0.1, 0.15) is 18.6 Å². The summed E-state index contributed by atoms with van der Waals surface area (Å²) in [7, 11) is 0. The molecule has 3 heteroatoms. The van der Waals surface area contributed by atoms with Gasteiger partial charge in [0.15, 0.2) is 6.10 Å². The second kappa shape index (κ2) is 3.80. The summed E-state index contributed by atoms with van der Waals surface area (Å²) >= 11 is 0. The lowest BCUT2D eigenvalue weighted by Crippen LogP contribution is -2.27. The molecule has 1 aliphatic heterocycles. The third-order valence-electron chi connectivity index (χ3n) is 2.23. The summed E-state index contributed by atoms with van der Waals surface area (Å²) < 4.78 is 5.31. The highest BCUT2D eigenvalue weighted by atomic mass is 16.6. The zero-order valence-electron chi connectivity index (χ0n) is 8.07. The van der Waals surface area contributed by atoms with E-state index in [9.17, 15) is 4.79 Å². The van der Waals surface area contributed by atoms with Gasteiger partial charge in [0, 0.05) is 6.54 Å². The minimum atomic E-state index is -0.280. The highest BCUT2D eigenvalue weighted by Gasteiger charge is 2.45. The number of ether oxygens (including phenoxy) is 1. The molecule has 1 saturated heterocycles. The van der Waals surface area contributed by atoms with E-state index in [1.165, 1.54) is 0 Å². The van der Waals surface area contributed by atoms with E-state index in [1.807, 2.05) is 37.3 Å². The lowest BCUT2D eigenvalue weighted by Gasteiger charge is -1.97. The summed E-state index contributed by atoms with van der Waals surface area (Å²) in [6, 6.07) is 9.80. The van der Waals surface area contributed by atoms with E-state index >= 15 is 0 Å². The molecule has 0 aliphatic carbocycles. The van der Waals surface area contributed by atoms with Crippen LogP contribution in [0.4, 0.5) is 0 Å².